The Morgan fingerprint density at radius 2 is 1.72 bits per heavy atom. The second-order valence-electron chi connectivity index (χ2n) is 10.3. The first-order valence-electron chi connectivity index (χ1n) is 13.4. The van der Waals surface area contributed by atoms with Crippen molar-refractivity contribution >= 4 is 11.7 Å². The lowest BCUT2D eigenvalue weighted by atomic mass is 9.90. The van der Waals surface area contributed by atoms with Crippen LogP contribution in [0.3, 0.4) is 0 Å². The highest BCUT2D eigenvalue weighted by Crippen LogP contribution is 2.24. The van der Waals surface area contributed by atoms with E-state index in [9.17, 15) is 14.0 Å². The Kier molecular flexibility index (Phi) is 8.28. The number of amides is 1. The number of nitrogens with zero attached hydrogens (tertiary/aromatic N) is 4. The minimum absolute atomic E-state index is 0.00785. The number of pyridine rings is 1. The summed E-state index contributed by atoms with van der Waals surface area (Å²) < 4.78 is 19.0. The first-order valence-corrected chi connectivity index (χ1v) is 13.4. The van der Waals surface area contributed by atoms with Gasteiger partial charge in [-0.2, -0.15) is 5.26 Å². The van der Waals surface area contributed by atoms with Crippen LogP contribution in [0.25, 0.3) is 0 Å². The molecule has 0 N–H and O–H groups in total. The van der Waals surface area contributed by atoms with Gasteiger partial charge in [0.2, 0.25) is 0 Å². The van der Waals surface area contributed by atoms with Gasteiger partial charge in [-0.3, -0.25) is 19.5 Å². The van der Waals surface area contributed by atoms with E-state index in [0.717, 1.165) is 32.5 Å². The Labute approximate surface area is 227 Å². The summed E-state index contributed by atoms with van der Waals surface area (Å²) in [6, 6.07) is 19.0. The fourth-order valence-electron chi connectivity index (χ4n) is 5.24. The predicted octanol–water partition coefficient (Wildman–Crippen LogP) is 4.87. The van der Waals surface area contributed by atoms with E-state index in [1.165, 1.54) is 23.9 Å². The van der Waals surface area contributed by atoms with E-state index in [1.807, 2.05) is 24.3 Å². The molecule has 7 nitrogen and oxygen atoms in total. The van der Waals surface area contributed by atoms with Crippen molar-refractivity contribution in [3.05, 3.63) is 95.1 Å². The SMILES string of the molecule is N#Cc1ccc(CN2CCC(CC(=O)c3ccc(C(=O)N4CC[C@@H](Oc5ccc(F)cc5)C4)cn3)CC2)cc1. The molecule has 1 amide bonds. The van der Waals surface area contributed by atoms with E-state index in [0.29, 0.717) is 54.4 Å². The number of hydrogen-bond acceptors (Lipinski definition) is 6. The van der Waals surface area contributed by atoms with Crippen LogP contribution in [0, 0.1) is 23.1 Å². The van der Waals surface area contributed by atoms with Gasteiger partial charge in [0.1, 0.15) is 23.4 Å². The van der Waals surface area contributed by atoms with Crippen LogP contribution in [0.5, 0.6) is 5.75 Å². The summed E-state index contributed by atoms with van der Waals surface area (Å²) >= 11 is 0. The molecule has 0 spiro atoms. The fourth-order valence-corrected chi connectivity index (χ4v) is 5.24. The van der Waals surface area contributed by atoms with Crippen molar-refractivity contribution in [2.75, 3.05) is 26.2 Å². The number of likely N-dealkylation sites (tertiary alicyclic amines) is 2. The van der Waals surface area contributed by atoms with E-state index in [2.05, 4.69) is 16.0 Å². The van der Waals surface area contributed by atoms with E-state index in [1.54, 1.807) is 29.2 Å². The molecule has 200 valence electrons. The van der Waals surface area contributed by atoms with E-state index in [4.69, 9.17) is 10.00 Å². The van der Waals surface area contributed by atoms with Gasteiger partial charge >= 0.3 is 0 Å². The zero-order chi connectivity index (χ0) is 27.2. The molecule has 1 aromatic heterocycles. The van der Waals surface area contributed by atoms with Gasteiger partial charge in [0.25, 0.3) is 5.91 Å². The van der Waals surface area contributed by atoms with E-state index in [-0.39, 0.29) is 23.6 Å². The summed E-state index contributed by atoms with van der Waals surface area (Å²) in [6.45, 7) is 3.72. The van der Waals surface area contributed by atoms with Crippen molar-refractivity contribution in [1.29, 1.82) is 5.26 Å². The van der Waals surface area contributed by atoms with Crippen molar-refractivity contribution in [1.82, 2.24) is 14.8 Å². The maximum atomic E-state index is 13.1. The molecule has 3 aromatic rings. The topological polar surface area (TPSA) is 86.5 Å². The normalized spacial score (nSPS) is 18.1. The number of nitriles is 1. The highest BCUT2D eigenvalue weighted by molar-refractivity contribution is 5.97. The summed E-state index contributed by atoms with van der Waals surface area (Å²) in [6.07, 6.45) is 4.40. The molecular formula is C31H31FN4O3. The molecule has 1 atom stereocenters. The average molecular weight is 527 g/mol. The number of piperidine rings is 1. The predicted molar refractivity (Wildman–Crippen MR) is 144 cm³/mol. The molecule has 39 heavy (non-hydrogen) atoms. The number of Topliss-reactive ketones (excluding diaryl/α,β-unsaturated/α-hetero) is 1. The zero-order valence-electron chi connectivity index (χ0n) is 21.8. The van der Waals surface area contributed by atoms with Crippen LogP contribution in [0.2, 0.25) is 0 Å². The van der Waals surface area contributed by atoms with Gasteiger partial charge < -0.3 is 9.64 Å². The standard InChI is InChI=1S/C31H31FN4O3/c32-26-6-8-27(9-7-26)39-28-13-16-36(21-28)31(38)25-5-10-29(34-19-25)30(37)17-22-11-14-35(15-12-22)20-24-3-1-23(18-33)2-4-24/h1-10,19,22,28H,11-17,20-21H2/t28-/m1/s1. The summed E-state index contributed by atoms with van der Waals surface area (Å²) in [5.74, 6) is 0.453. The number of halogens is 1. The van der Waals surface area contributed by atoms with Crippen molar-refractivity contribution in [3.8, 4) is 11.8 Å². The first-order chi connectivity index (χ1) is 19.0. The molecule has 0 unspecified atom stereocenters. The van der Waals surface area contributed by atoms with Crippen molar-refractivity contribution in [2.45, 2.75) is 38.3 Å². The second kappa shape index (κ2) is 12.2. The third-order valence-electron chi connectivity index (χ3n) is 7.52. The summed E-state index contributed by atoms with van der Waals surface area (Å²) in [7, 11) is 0. The average Bonchev–Trinajstić information content (AvgIpc) is 3.44. The monoisotopic (exact) mass is 526 g/mol. The number of ketones is 1. The Hall–Kier alpha value is -4.09. The molecule has 8 heteroatoms. The Bertz CT molecular complexity index is 1330. The quantitative estimate of drug-likeness (QED) is 0.389. The summed E-state index contributed by atoms with van der Waals surface area (Å²) in [4.78, 5) is 34.3. The van der Waals surface area contributed by atoms with Gasteiger partial charge in [-0.25, -0.2) is 4.39 Å². The lowest BCUT2D eigenvalue weighted by molar-refractivity contribution is 0.0771. The molecule has 5 rings (SSSR count). The molecule has 2 fully saturated rings. The van der Waals surface area contributed by atoms with Crippen LogP contribution < -0.4 is 4.74 Å². The molecule has 2 aromatic carbocycles. The highest BCUT2D eigenvalue weighted by Gasteiger charge is 2.29. The van der Waals surface area contributed by atoms with Crippen LogP contribution in [-0.2, 0) is 6.54 Å². The zero-order valence-corrected chi connectivity index (χ0v) is 21.8. The Morgan fingerprint density at radius 3 is 2.38 bits per heavy atom. The molecule has 0 saturated carbocycles. The molecule has 2 aliphatic rings. The third kappa shape index (κ3) is 6.87. The van der Waals surface area contributed by atoms with Crippen LogP contribution in [0.4, 0.5) is 4.39 Å². The lowest BCUT2D eigenvalue weighted by Gasteiger charge is -2.31. The number of benzene rings is 2. The first kappa shape index (κ1) is 26.5. The Balaban J connectivity index is 1.07. The number of ether oxygens (including phenoxy) is 1. The van der Waals surface area contributed by atoms with Crippen molar-refractivity contribution < 1.29 is 18.7 Å². The van der Waals surface area contributed by atoms with E-state index >= 15 is 0 Å². The smallest absolute Gasteiger partial charge is 0.255 e. The number of carbonyl (C=O) groups excluding carboxylic acids is 2. The minimum Gasteiger partial charge on any atom is -0.489 e. The Morgan fingerprint density at radius 1 is 0.974 bits per heavy atom. The van der Waals surface area contributed by atoms with Crippen LogP contribution >= 0.6 is 0 Å². The molecular weight excluding hydrogens is 495 g/mol. The molecule has 2 aliphatic heterocycles. The maximum absolute atomic E-state index is 13.1. The van der Waals surface area contributed by atoms with Crippen LogP contribution in [0.1, 0.15) is 57.7 Å². The number of carbonyl (C=O) groups is 2. The second-order valence-corrected chi connectivity index (χ2v) is 10.3. The largest absolute Gasteiger partial charge is 0.489 e. The number of rotatable bonds is 8. The van der Waals surface area contributed by atoms with Crippen molar-refractivity contribution in [2.24, 2.45) is 5.92 Å². The third-order valence-corrected chi connectivity index (χ3v) is 7.52. The van der Waals surface area contributed by atoms with Gasteiger partial charge in [0.15, 0.2) is 5.78 Å². The number of aromatic nitrogens is 1. The number of hydrogen-bond donors (Lipinski definition) is 0. The van der Waals surface area contributed by atoms with Gasteiger partial charge in [-0.1, -0.05) is 12.1 Å². The van der Waals surface area contributed by atoms with Crippen LogP contribution in [0.15, 0.2) is 66.9 Å². The van der Waals surface area contributed by atoms with Crippen molar-refractivity contribution in [3.63, 3.8) is 0 Å². The molecule has 3 heterocycles. The molecule has 0 aliphatic carbocycles. The molecule has 0 radical (unpaired) electrons. The molecule has 2 saturated heterocycles. The van der Waals surface area contributed by atoms with E-state index < -0.39 is 0 Å². The van der Waals surface area contributed by atoms with Gasteiger partial charge in [0.05, 0.1) is 23.7 Å². The van der Waals surface area contributed by atoms with Gasteiger partial charge in [-0.15, -0.1) is 0 Å². The summed E-state index contributed by atoms with van der Waals surface area (Å²) in [5.41, 5.74) is 2.70. The van der Waals surface area contributed by atoms with Gasteiger partial charge in [0, 0.05) is 32.1 Å². The van der Waals surface area contributed by atoms with Gasteiger partial charge in [-0.05, 0) is 85.9 Å². The highest BCUT2D eigenvalue weighted by atomic mass is 19.1. The van der Waals surface area contributed by atoms with Crippen LogP contribution in [-0.4, -0.2) is 58.8 Å². The lowest BCUT2D eigenvalue weighted by Crippen LogP contribution is -2.34. The summed E-state index contributed by atoms with van der Waals surface area (Å²) in [5, 5.41) is 8.95. The minimum atomic E-state index is -0.318. The molecule has 0 bridgehead atoms. The maximum Gasteiger partial charge on any atom is 0.255 e. The fraction of sp³-hybridized carbons (Fsp3) is 0.355.